The number of piperazine rings is 1. The third kappa shape index (κ3) is 2.97. The van der Waals surface area contributed by atoms with E-state index in [2.05, 4.69) is 29.0 Å². The second kappa shape index (κ2) is 5.79. The molecule has 0 saturated carbocycles. The van der Waals surface area contributed by atoms with E-state index in [0.717, 1.165) is 42.6 Å². The van der Waals surface area contributed by atoms with Gasteiger partial charge in [-0.05, 0) is 26.0 Å². The van der Waals surface area contributed by atoms with E-state index >= 15 is 0 Å². The molecule has 112 valence electrons. The molecule has 0 aromatic carbocycles. The van der Waals surface area contributed by atoms with E-state index < -0.39 is 0 Å². The first-order valence-electron chi connectivity index (χ1n) is 7.11. The summed E-state index contributed by atoms with van der Waals surface area (Å²) < 4.78 is 12.9. The van der Waals surface area contributed by atoms with Crippen molar-refractivity contribution in [2.45, 2.75) is 19.4 Å². The molecule has 0 bridgehead atoms. The van der Waals surface area contributed by atoms with Gasteiger partial charge in [-0.25, -0.2) is 9.37 Å². The van der Waals surface area contributed by atoms with Crippen molar-refractivity contribution in [2.24, 2.45) is 0 Å². The van der Waals surface area contributed by atoms with Crippen LogP contribution in [0.3, 0.4) is 0 Å². The number of hydrogen-bond acceptors (Lipinski definition) is 5. The SMILES string of the molecule is CC(C)(c1nc(-c2ccc(F)cn2)cs1)N1CCNCC1. The van der Waals surface area contributed by atoms with Gasteiger partial charge >= 0.3 is 0 Å². The molecule has 3 heterocycles. The Balaban J connectivity index is 1.84. The fraction of sp³-hybridized carbons (Fsp3) is 0.467. The highest BCUT2D eigenvalue weighted by Crippen LogP contribution is 2.32. The molecule has 1 N–H and O–H groups in total. The predicted octanol–water partition coefficient (Wildman–Crippen LogP) is 2.48. The van der Waals surface area contributed by atoms with Crippen LogP contribution in [0.5, 0.6) is 0 Å². The lowest BCUT2D eigenvalue weighted by atomic mass is 10.0. The van der Waals surface area contributed by atoms with Crippen molar-refractivity contribution in [1.29, 1.82) is 0 Å². The van der Waals surface area contributed by atoms with Gasteiger partial charge in [0.05, 0.1) is 23.1 Å². The molecule has 0 spiro atoms. The minimum absolute atomic E-state index is 0.0922. The smallest absolute Gasteiger partial charge is 0.141 e. The van der Waals surface area contributed by atoms with Crippen molar-refractivity contribution in [2.75, 3.05) is 26.2 Å². The number of pyridine rings is 1. The van der Waals surface area contributed by atoms with Gasteiger partial charge < -0.3 is 5.32 Å². The normalized spacial score (nSPS) is 17.1. The molecule has 6 heteroatoms. The molecule has 0 atom stereocenters. The molecular weight excluding hydrogens is 287 g/mol. The maximum atomic E-state index is 12.9. The average Bonchev–Trinajstić information content (AvgIpc) is 2.99. The van der Waals surface area contributed by atoms with Crippen LogP contribution in [0.4, 0.5) is 4.39 Å². The number of aromatic nitrogens is 2. The van der Waals surface area contributed by atoms with Crippen LogP contribution in [0.15, 0.2) is 23.7 Å². The summed E-state index contributed by atoms with van der Waals surface area (Å²) in [6.07, 6.45) is 1.23. The van der Waals surface area contributed by atoms with Crippen molar-refractivity contribution in [3.63, 3.8) is 0 Å². The standard InChI is InChI=1S/C15H19FN4S/c1-15(2,20-7-5-17-6-8-20)14-19-13(10-21-14)12-4-3-11(16)9-18-12/h3-4,9-10,17H,5-8H2,1-2H3. The molecule has 1 fully saturated rings. The molecular formula is C15H19FN4S. The third-order valence-corrected chi connectivity index (χ3v) is 5.08. The Morgan fingerprint density at radius 1 is 1.24 bits per heavy atom. The molecule has 21 heavy (non-hydrogen) atoms. The van der Waals surface area contributed by atoms with Crippen LogP contribution in [0, 0.1) is 5.82 Å². The van der Waals surface area contributed by atoms with Gasteiger partial charge in [-0.2, -0.15) is 0 Å². The molecule has 0 amide bonds. The molecule has 2 aromatic rings. The Morgan fingerprint density at radius 2 is 2.00 bits per heavy atom. The van der Waals surface area contributed by atoms with Crippen molar-refractivity contribution in [1.82, 2.24) is 20.2 Å². The van der Waals surface area contributed by atoms with Gasteiger partial charge in [0.15, 0.2) is 0 Å². The summed E-state index contributed by atoms with van der Waals surface area (Å²) in [5, 5.41) is 6.44. The van der Waals surface area contributed by atoms with Crippen molar-refractivity contribution >= 4 is 11.3 Å². The molecule has 3 rings (SSSR count). The number of thiazole rings is 1. The van der Waals surface area contributed by atoms with E-state index in [1.807, 2.05) is 5.38 Å². The first kappa shape index (κ1) is 14.6. The van der Waals surface area contributed by atoms with Gasteiger partial charge in [-0.3, -0.25) is 9.88 Å². The number of hydrogen-bond donors (Lipinski definition) is 1. The highest BCUT2D eigenvalue weighted by Gasteiger charge is 2.32. The molecule has 1 aliphatic rings. The summed E-state index contributed by atoms with van der Waals surface area (Å²) in [4.78, 5) is 11.3. The highest BCUT2D eigenvalue weighted by atomic mass is 32.1. The predicted molar refractivity (Wildman–Crippen MR) is 82.8 cm³/mol. The van der Waals surface area contributed by atoms with Gasteiger partial charge in [0, 0.05) is 31.6 Å². The Hall–Kier alpha value is -1.37. The van der Waals surface area contributed by atoms with Crippen LogP contribution in [0.1, 0.15) is 18.9 Å². The van der Waals surface area contributed by atoms with E-state index in [4.69, 9.17) is 4.98 Å². The minimum atomic E-state index is -0.324. The number of nitrogens with one attached hydrogen (secondary N) is 1. The second-order valence-corrected chi connectivity index (χ2v) is 6.55. The maximum Gasteiger partial charge on any atom is 0.141 e. The summed E-state index contributed by atoms with van der Waals surface area (Å²) in [7, 11) is 0. The molecule has 2 aromatic heterocycles. The molecule has 1 saturated heterocycles. The lowest BCUT2D eigenvalue weighted by molar-refractivity contribution is 0.102. The van der Waals surface area contributed by atoms with Crippen LogP contribution >= 0.6 is 11.3 Å². The van der Waals surface area contributed by atoms with Crippen LogP contribution in [0.25, 0.3) is 11.4 Å². The zero-order valence-electron chi connectivity index (χ0n) is 12.3. The van der Waals surface area contributed by atoms with E-state index in [1.54, 1.807) is 17.4 Å². The zero-order chi connectivity index (χ0) is 14.9. The fourth-order valence-corrected chi connectivity index (χ4v) is 3.52. The zero-order valence-corrected chi connectivity index (χ0v) is 13.1. The molecule has 4 nitrogen and oxygen atoms in total. The first-order chi connectivity index (χ1) is 10.1. The Bertz CT molecular complexity index is 602. The third-order valence-electron chi connectivity index (χ3n) is 3.92. The molecule has 0 unspecified atom stereocenters. The van der Waals surface area contributed by atoms with Crippen LogP contribution in [-0.4, -0.2) is 41.0 Å². The average molecular weight is 306 g/mol. The summed E-state index contributed by atoms with van der Waals surface area (Å²) >= 11 is 1.64. The molecule has 1 aliphatic heterocycles. The maximum absolute atomic E-state index is 12.9. The van der Waals surface area contributed by atoms with E-state index in [1.165, 1.54) is 12.3 Å². The van der Waals surface area contributed by atoms with E-state index in [9.17, 15) is 4.39 Å². The lowest BCUT2D eigenvalue weighted by Gasteiger charge is -2.39. The Morgan fingerprint density at radius 3 is 2.67 bits per heavy atom. The Labute approximate surface area is 128 Å². The summed E-state index contributed by atoms with van der Waals surface area (Å²) in [5.74, 6) is -0.324. The van der Waals surface area contributed by atoms with Gasteiger partial charge in [0.1, 0.15) is 10.8 Å². The van der Waals surface area contributed by atoms with Crippen molar-refractivity contribution < 1.29 is 4.39 Å². The van der Waals surface area contributed by atoms with Gasteiger partial charge in [0.25, 0.3) is 0 Å². The highest BCUT2D eigenvalue weighted by molar-refractivity contribution is 7.10. The quantitative estimate of drug-likeness (QED) is 0.946. The van der Waals surface area contributed by atoms with E-state index in [0.29, 0.717) is 0 Å². The first-order valence-corrected chi connectivity index (χ1v) is 7.99. The number of halogens is 1. The van der Waals surface area contributed by atoms with Crippen molar-refractivity contribution in [3.05, 3.63) is 34.5 Å². The van der Waals surface area contributed by atoms with Gasteiger partial charge in [-0.1, -0.05) is 0 Å². The minimum Gasteiger partial charge on any atom is -0.314 e. The molecule has 0 radical (unpaired) electrons. The second-order valence-electron chi connectivity index (χ2n) is 5.70. The monoisotopic (exact) mass is 306 g/mol. The van der Waals surface area contributed by atoms with Crippen LogP contribution < -0.4 is 5.32 Å². The summed E-state index contributed by atoms with van der Waals surface area (Å²) in [5.41, 5.74) is 1.44. The summed E-state index contributed by atoms with van der Waals surface area (Å²) in [6.45, 7) is 8.49. The fourth-order valence-electron chi connectivity index (χ4n) is 2.56. The topological polar surface area (TPSA) is 41.1 Å². The largest absolute Gasteiger partial charge is 0.314 e. The molecule has 0 aliphatic carbocycles. The lowest BCUT2D eigenvalue weighted by Crippen LogP contribution is -2.51. The van der Waals surface area contributed by atoms with Gasteiger partial charge in [0.2, 0.25) is 0 Å². The van der Waals surface area contributed by atoms with Crippen molar-refractivity contribution in [3.8, 4) is 11.4 Å². The number of nitrogens with zero attached hydrogens (tertiary/aromatic N) is 3. The Kier molecular flexibility index (Phi) is 4.01. The van der Waals surface area contributed by atoms with E-state index in [-0.39, 0.29) is 11.4 Å². The van der Waals surface area contributed by atoms with Crippen LogP contribution in [-0.2, 0) is 5.54 Å². The van der Waals surface area contributed by atoms with Gasteiger partial charge in [-0.15, -0.1) is 11.3 Å². The number of rotatable bonds is 3. The van der Waals surface area contributed by atoms with Crippen LogP contribution in [0.2, 0.25) is 0 Å². The summed E-state index contributed by atoms with van der Waals surface area (Å²) in [6, 6.07) is 3.09.